The van der Waals surface area contributed by atoms with Gasteiger partial charge in [0.05, 0.1) is 5.56 Å². The summed E-state index contributed by atoms with van der Waals surface area (Å²) in [6.45, 7) is 7.45. The third-order valence-electron chi connectivity index (χ3n) is 2.62. The van der Waals surface area contributed by atoms with Gasteiger partial charge in [-0.15, -0.1) is 11.8 Å². The number of hydrogen-bond donors (Lipinski definition) is 2. The second-order valence-corrected chi connectivity index (χ2v) is 6.08. The number of amidine groups is 1. The van der Waals surface area contributed by atoms with Crippen molar-refractivity contribution in [3.63, 3.8) is 0 Å². The van der Waals surface area contributed by atoms with Crippen molar-refractivity contribution in [1.29, 1.82) is 5.41 Å². The zero-order valence-corrected chi connectivity index (χ0v) is 12.5. The molecule has 0 aliphatic heterocycles. The molecule has 1 rings (SSSR count). The molecule has 4 heteroatoms. The van der Waals surface area contributed by atoms with Crippen LogP contribution >= 0.6 is 11.8 Å². The van der Waals surface area contributed by atoms with Crippen LogP contribution in [-0.2, 0) is 0 Å². The Morgan fingerprint density at radius 2 is 2.11 bits per heavy atom. The van der Waals surface area contributed by atoms with Gasteiger partial charge in [0.15, 0.2) is 0 Å². The summed E-state index contributed by atoms with van der Waals surface area (Å²) in [7, 11) is 2.06. The van der Waals surface area contributed by atoms with Gasteiger partial charge in [-0.05, 0) is 23.8 Å². The molecular formula is C14H23N3S. The standard InChI is InChI=1S/C14H23N3S/c1-5-18-12-8-6-7-11(13(12)14(15)16)17(4)9-10(2)3/h6-8,10H,5,9H2,1-4H3,(H3,15,16). The first-order valence-electron chi connectivity index (χ1n) is 6.28. The van der Waals surface area contributed by atoms with Crippen molar-refractivity contribution in [2.24, 2.45) is 11.7 Å². The maximum Gasteiger partial charge on any atom is 0.126 e. The fourth-order valence-electron chi connectivity index (χ4n) is 2.03. The van der Waals surface area contributed by atoms with Crippen LogP contribution in [0, 0.1) is 11.3 Å². The summed E-state index contributed by atoms with van der Waals surface area (Å²) in [5.41, 5.74) is 7.68. The van der Waals surface area contributed by atoms with Crippen molar-refractivity contribution in [3.05, 3.63) is 23.8 Å². The molecule has 0 heterocycles. The summed E-state index contributed by atoms with van der Waals surface area (Å²) in [5.74, 6) is 1.71. The highest BCUT2D eigenvalue weighted by Crippen LogP contribution is 2.30. The van der Waals surface area contributed by atoms with Crippen LogP contribution in [0.4, 0.5) is 5.69 Å². The van der Waals surface area contributed by atoms with Crippen LogP contribution in [0.2, 0.25) is 0 Å². The summed E-state index contributed by atoms with van der Waals surface area (Å²) in [4.78, 5) is 3.28. The van der Waals surface area contributed by atoms with E-state index in [-0.39, 0.29) is 5.84 Å². The summed E-state index contributed by atoms with van der Waals surface area (Å²) in [5, 5.41) is 7.81. The Balaban J connectivity index is 3.17. The molecule has 0 saturated heterocycles. The lowest BCUT2D eigenvalue weighted by molar-refractivity contribution is 0.638. The smallest absolute Gasteiger partial charge is 0.126 e. The lowest BCUT2D eigenvalue weighted by atomic mass is 10.1. The molecule has 0 aliphatic carbocycles. The molecule has 0 unspecified atom stereocenters. The van der Waals surface area contributed by atoms with E-state index in [0.717, 1.165) is 28.4 Å². The summed E-state index contributed by atoms with van der Waals surface area (Å²) >= 11 is 1.73. The molecule has 1 aromatic carbocycles. The molecule has 3 nitrogen and oxygen atoms in total. The summed E-state index contributed by atoms with van der Waals surface area (Å²) in [6, 6.07) is 6.12. The largest absolute Gasteiger partial charge is 0.384 e. The quantitative estimate of drug-likeness (QED) is 0.472. The molecule has 0 aromatic heterocycles. The Morgan fingerprint density at radius 1 is 1.44 bits per heavy atom. The fourth-order valence-corrected chi connectivity index (χ4v) is 2.87. The number of rotatable bonds is 6. The molecule has 0 atom stereocenters. The van der Waals surface area contributed by atoms with Crippen LogP contribution in [0.25, 0.3) is 0 Å². The Hall–Kier alpha value is -1.16. The van der Waals surface area contributed by atoms with E-state index < -0.39 is 0 Å². The predicted molar refractivity (Wildman–Crippen MR) is 82.0 cm³/mol. The van der Waals surface area contributed by atoms with Crippen LogP contribution in [0.5, 0.6) is 0 Å². The van der Waals surface area contributed by atoms with Gasteiger partial charge in [0.2, 0.25) is 0 Å². The number of nitrogens with one attached hydrogen (secondary N) is 1. The van der Waals surface area contributed by atoms with Crippen LogP contribution in [0.3, 0.4) is 0 Å². The first-order chi connectivity index (χ1) is 8.47. The van der Waals surface area contributed by atoms with Gasteiger partial charge >= 0.3 is 0 Å². The predicted octanol–water partition coefficient (Wildman–Crippen LogP) is 3.17. The Morgan fingerprint density at radius 3 is 2.61 bits per heavy atom. The van der Waals surface area contributed by atoms with E-state index in [1.807, 2.05) is 18.2 Å². The van der Waals surface area contributed by atoms with Gasteiger partial charge in [0, 0.05) is 24.2 Å². The van der Waals surface area contributed by atoms with Crippen molar-refractivity contribution < 1.29 is 0 Å². The first-order valence-corrected chi connectivity index (χ1v) is 7.27. The maximum atomic E-state index is 7.81. The number of thioether (sulfide) groups is 1. The van der Waals surface area contributed by atoms with Gasteiger partial charge in [-0.1, -0.05) is 26.8 Å². The zero-order chi connectivity index (χ0) is 13.7. The fraction of sp³-hybridized carbons (Fsp3) is 0.500. The number of benzene rings is 1. The Labute approximate surface area is 114 Å². The lowest BCUT2D eigenvalue weighted by Crippen LogP contribution is -2.26. The van der Waals surface area contributed by atoms with E-state index in [2.05, 4.69) is 32.7 Å². The van der Waals surface area contributed by atoms with Crippen molar-refractivity contribution in [1.82, 2.24) is 0 Å². The number of nitrogens with zero attached hydrogens (tertiary/aromatic N) is 1. The number of anilines is 1. The molecule has 0 spiro atoms. The summed E-state index contributed by atoms with van der Waals surface area (Å²) < 4.78 is 0. The molecule has 0 amide bonds. The number of nitrogens with two attached hydrogens (primary N) is 1. The minimum Gasteiger partial charge on any atom is -0.384 e. The van der Waals surface area contributed by atoms with Crippen LogP contribution in [-0.4, -0.2) is 25.2 Å². The van der Waals surface area contributed by atoms with E-state index in [4.69, 9.17) is 11.1 Å². The Bertz CT molecular complexity index is 416. The minimum absolute atomic E-state index is 0.150. The molecule has 0 saturated carbocycles. The number of hydrogen-bond acceptors (Lipinski definition) is 3. The van der Waals surface area contributed by atoms with Gasteiger partial charge in [-0.2, -0.15) is 0 Å². The molecule has 18 heavy (non-hydrogen) atoms. The minimum atomic E-state index is 0.150. The van der Waals surface area contributed by atoms with E-state index in [1.54, 1.807) is 11.8 Å². The number of nitrogen functional groups attached to an aromatic ring is 1. The first kappa shape index (κ1) is 14.9. The van der Waals surface area contributed by atoms with Crippen LogP contribution in [0.1, 0.15) is 26.3 Å². The molecule has 3 N–H and O–H groups in total. The molecular weight excluding hydrogens is 242 g/mol. The van der Waals surface area contributed by atoms with Crippen LogP contribution in [0.15, 0.2) is 23.1 Å². The average Bonchev–Trinajstić information content (AvgIpc) is 2.27. The van der Waals surface area contributed by atoms with Crippen LogP contribution < -0.4 is 10.6 Å². The Kier molecular flexibility index (Phi) is 5.54. The SMILES string of the molecule is CCSc1cccc(N(C)CC(C)C)c1C(=N)N. The van der Waals surface area contributed by atoms with Gasteiger partial charge < -0.3 is 10.6 Å². The topological polar surface area (TPSA) is 53.1 Å². The van der Waals surface area contributed by atoms with E-state index in [0.29, 0.717) is 5.92 Å². The second-order valence-electron chi connectivity index (χ2n) is 4.77. The van der Waals surface area contributed by atoms with E-state index in [9.17, 15) is 0 Å². The zero-order valence-electron chi connectivity index (χ0n) is 11.7. The molecule has 100 valence electrons. The lowest BCUT2D eigenvalue weighted by Gasteiger charge is -2.25. The van der Waals surface area contributed by atoms with Gasteiger partial charge in [-0.3, -0.25) is 5.41 Å². The van der Waals surface area contributed by atoms with Crippen molar-refractivity contribution in [2.75, 3.05) is 24.2 Å². The summed E-state index contributed by atoms with van der Waals surface area (Å²) in [6.07, 6.45) is 0. The molecule has 1 aromatic rings. The molecule has 0 radical (unpaired) electrons. The molecule has 0 bridgehead atoms. The third kappa shape index (κ3) is 3.67. The van der Waals surface area contributed by atoms with Crippen molar-refractivity contribution in [2.45, 2.75) is 25.7 Å². The molecule has 0 aliphatic rings. The van der Waals surface area contributed by atoms with Crippen molar-refractivity contribution >= 4 is 23.3 Å². The third-order valence-corrected chi connectivity index (χ3v) is 3.56. The normalized spacial score (nSPS) is 10.7. The monoisotopic (exact) mass is 265 g/mol. The average molecular weight is 265 g/mol. The maximum absolute atomic E-state index is 7.81. The highest BCUT2D eigenvalue weighted by Gasteiger charge is 2.14. The van der Waals surface area contributed by atoms with E-state index >= 15 is 0 Å². The molecule has 0 fully saturated rings. The van der Waals surface area contributed by atoms with Gasteiger partial charge in [0.25, 0.3) is 0 Å². The van der Waals surface area contributed by atoms with Crippen molar-refractivity contribution in [3.8, 4) is 0 Å². The highest BCUT2D eigenvalue weighted by atomic mass is 32.2. The van der Waals surface area contributed by atoms with E-state index in [1.165, 1.54) is 0 Å². The highest BCUT2D eigenvalue weighted by molar-refractivity contribution is 7.99. The second kappa shape index (κ2) is 6.69. The van der Waals surface area contributed by atoms with Gasteiger partial charge in [0.1, 0.15) is 5.84 Å². The van der Waals surface area contributed by atoms with Gasteiger partial charge in [-0.25, -0.2) is 0 Å².